The van der Waals surface area contributed by atoms with Crippen LogP contribution in [-0.2, 0) is 0 Å². The predicted octanol–water partition coefficient (Wildman–Crippen LogP) is 4.96. The number of nitrogens with zero attached hydrogens (tertiary/aromatic N) is 2. The molecule has 7 heteroatoms. The van der Waals surface area contributed by atoms with Crippen LogP contribution in [0.2, 0.25) is 5.02 Å². The molecule has 0 aliphatic rings. The molecule has 25 heavy (non-hydrogen) atoms. The number of halogens is 2. The van der Waals surface area contributed by atoms with E-state index in [0.29, 0.717) is 22.9 Å². The summed E-state index contributed by atoms with van der Waals surface area (Å²) in [6, 6.07) is 13.1. The van der Waals surface area contributed by atoms with Crippen LogP contribution in [0.5, 0.6) is 0 Å². The number of hydrogen-bond donors (Lipinski definition) is 2. The molecular weight excluding hydrogens is 343 g/mol. The molecule has 2 aromatic carbocycles. The molecule has 0 atom stereocenters. The third kappa shape index (κ3) is 4.30. The Morgan fingerprint density at radius 2 is 1.68 bits per heavy atom. The first-order chi connectivity index (χ1) is 12.0. The third-order valence-corrected chi connectivity index (χ3v) is 3.69. The molecule has 3 aromatic rings. The fraction of sp³-hybridized carbons (Fsp3) is 0.0556. The van der Waals surface area contributed by atoms with E-state index in [0.717, 1.165) is 5.69 Å². The lowest BCUT2D eigenvalue weighted by molar-refractivity contribution is 0.101. The number of carbonyl (C=O) groups is 1. The van der Waals surface area contributed by atoms with Gasteiger partial charge in [-0.2, -0.15) is 0 Å². The molecule has 0 aliphatic carbocycles. The van der Waals surface area contributed by atoms with Gasteiger partial charge in [-0.1, -0.05) is 23.7 Å². The summed E-state index contributed by atoms with van der Waals surface area (Å²) in [7, 11) is 0. The number of aromatic nitrogens is 2. The van der Waals surface area contributed by atoms with E-state index in [9.17, 15) is 9.18 Å². The second-order valence-electron chi connectivity index (χ2n) is 5.30. The van der Waals surface area contributed by atoms with Crippen molar-refractivity contribution in [3.8, 4) is 0 Å². The van der Waals surface area contributed by atoms with Crippen molar-refractivity contribution < 1.29 is 9.18 Å². The van der Waals surface area contributed by atoms with Crippen LogP contribution < -0.4 is 10.6 Å². The molecule has 0 saturated carbocycles. The van der Waals surface area contributed by atoms with E-state index in [1.807, 2.05) is 6.07 Å². The maximum absolute atomic E-state index is 13.2. The number of anilines is 4. The van der Waals surface area contributed by atoms with E-state index in [-0.39, 0.29) is 10.8 Å². The van der Waals surface area contributed by atoms with E-state index in [4.69, 9.17) is 11.6 Å². The maximum Gasteiger partial charge on any atom is 0.159 e. The highest BCUT2D eigenvalue weighted by atomic mass is 35.5. The van der Waals surface area contributed by atoms with Gasteiger partial charge in [0.25, 0.3) is 0 Å². The fourth-order valence-electron chi connectivity index (χ4n) is 2.18. The second-order valence-corrected chi connectivity index (χ2v) is 5.71. The minimum Gasteiger partial charge on any atom is -0.340 e. The van der Waals surface area contributed by atoms with Gasteiger partial charge in [0.2, 0.25) is 0 Å². The van der Waals surface area contributed by atoms with Gasteiger partial charge < -0.3 is 10.6 Å². The molecular formula is C18H14ClFN4O. The molecule has 0 unspecified atom stereocenters. The van der Waals surface area contributed by atoms with Crippen LogP contribution in [0.4, 0.5) is 27.4 Å². The number of ketones is 1. The molecule has 0 bridgehead atoms. The molecule has 2 N–H and O–H groups in total. The molecule has 126 valence electrons. The Hall–Kier alpha value is -2.99. The lowest BCUT2D eigenvalue weighted by Gasteiger charge is -2.09. The predicted molar refractivity (Wildman–Crippen MR) is 96.5 cm³/mol. The molecule has 1 aromatic heterocycles. The Kier molecular flexibility index (Phi) is 4.90. The second kappa shape index (κ2) is 7.27. The van der Waals surface area contributed by atoms with Gasteiger partial charge in [0, 0.05) is 23.0 Å². The van der Waals surface area contributed by atoms with Gasteiger partial charge in [-0.15, -0.1) is 0 Å². The fourth-order valence-corrected chi connectivity index (χ4v) is 2.36. The summed E-state index contributed by atoms with van der Waals surface area (Å²) < 4.78 is 13.2. The molecule has 3 rings (SSSR count). The van der Waals surface area contributed by atoms with Gasteiger partial charge in [-0.25, -0.2) is 14.4 Å². The monoisotopic (exact) mass is 356 g/mol. The highest BCUT2D eigenvalue weighted by Crippen LogP contribution is 2.23. The van der Waals surface area contributed by atoms with Crippen LogP contribution in [-0.4, -0.2) is 15.8 Å². The summed E-state index contributed by atoms with van der Waals surface area (Å²) in [6.07, 6.45) is 1.39. The van der Waals surface area contributed by atoms with Crippen LogP contribution in [0, 0.1) is 5.82 Å². The van der Waals surface area contributed by atoms with Crippen LogP contribution in [0.1, 0.15) is 17.3 Å². The first kappa shape index (κ1) is 16.9. The molecule has 0 amide bonds. The van der Waals surface area contributed by atoms with Gasteiger partial charge in [0.15, 0.2) is 5.78 Å². The van der Waals surface area contributed by atoms with Crippen molar-refractivity contribution in [1.82, 2.24) is 9.97 Å². The number of rotatable bonds is 5. The number of Topliss-reactive ketones (excluding diaryl/α,β-unsaturated/α-hetero) is 1. The lowest BCUT2D eigenvalue weighted by atomic mass is 10.1. The van der Waals surface area contributed by atoms with Crippen LogP contribution in [0.25, 0.3) is 0 Å². The van der Waals surface area contributed by atoms with Gasteiger partial charge in [-0.05, 0) is 37.3 Å². The van der Waals surface area contributed by atoms with Gasteiger partial charge in [0.1, 0.15) is 23.8 Å². The average molecular weight is 357 g/mol. The maximum atomic E-state index is 13.2. The van der Waals surface area contributed by atoms with Gasteiger partial charge in [-0.3, -0.25) is 4.79 Å². The SMILES string of the molecule is CC(=O)c1cccc(Nc2cc(Nc3ccc(F)c(Cl)c3)ncn2)c1. The molecule has 5 nitrogen and oxygen atoms in total. The largest absolute Gasteiger partial charge is 0.340 e. The summed E-state index contributed by atoms with van der Waals surface area (Å²) >= 11 is 5.77. The lowest BCUT2D eigenvalue weighted by Crippen LogP contribution is -2.00. The Bertz CT molecular complexity index is 932. The summed E-state index contributed by atoms with van der Waals surface area (Å²) in [5, 5.41) is 6.17. The molecule has 0 spiro atoms. The number of nitrogens with one attached hydrogen (secondary N) is 2. The van der Waals surface area contributed by atoms with E-state index in [1.165, 1.54) is 25.4 Å². The highest BCUT2D eigenvalue weighted by Gasteiger charge is 2.05. The van der Waals surface area contributed by atoms with Crippen molar-refractivity contribution >= 4 is 40.4 Å². The standard InChI is InChI=1S/C18H14ClFN4O/c1-11(25)12-3-2-4-13(7-12)23-17-9-18(22-10-21-17)24-14-5-6-16(20)15(19)8-14/h2-10H,1H3,(H2,21,22,23,24). The van der Waals surface area contributed by atoms with E-state index in [2.05, 4.69) is 20.6 Å². The van der Waals surface area contributed by atoms with E-state index >= 15 is 0 Å². The summed E-state index contributed by atoms with van der Waals surface area (Å²) in [6.45, 7) is 1.51. The Morgan fingerprint density at radius 1 is 1.00 bits per heavy atom. The van der Waals surface area contributed by atoms with Gasteiger partial charge in [0.05, 0.1) is 5.02 Å². The Labute approximate surface area is 148 Å². The van der Waals surface area contributed by atoms with Crippen LogP contribution in [0.15, 0.2) is 54.9 Å². The Morgan fingerprint density at radius 3 is 2.32 bits per heavy atom. The molecule has 0 radical (unpaired) electrons. The van der Waals surface area contributed by atoms with E-state index < -0.39 is 5.82 Å². The zero-order chi connectivity index (χ0) is 17.8. The van der Waals surface area contributed by atoms with Crippen LogP contribution in [0.3, 0.4) is 0 Å². The highest BCUT2D eigenvalue weighted by molar-refractivity contribution is 6.31. The molecule has 0 saturated heterocycles. The third-order valence-electron chi connectivity index (χ3n) is 3.40. The van der Waals surface area contributed by atoms with Crippen molar-refractivity contribution in [1.29, 1.82) is 0 Å². The number of hydrogen-bond acceptors (Lipinski definition) is 5. The zero-order valence-corrected chi connectivity index (χ0v) is 14.0. The van der Waals surface area contributed by atoms with Crippen molar-refractivity contribution in [2.24, 2.45) is 0 Å². The minimum absolute atomic E-state index is 0.0121. The minimum atomic E-state index is -0.484. The smallest absolute Gasteiger partial charge is 0.159 e. The summed E-state index contributed by atoms with van der Waals surface area (Å²) in [4.78, 5) is 19.7. The molecule has 1 heterocycles. The average Bonchev–Trinajstić information content (AvgIpc) is 2.59. The molecule has 0 fully saturated rings. The normalized spacial score (nSPS) is 10.4. The number of benzene rings is 2. The topological polar surface area (TPSA) is 66.9 Å². The first-order valence-electron chi connectivity index (χ1n) is 7.43. The van der Waals surface area contributed by atoms with Crippen molar-refractivity contribution in [3.05, 3.63) is 71.3 Å². The van der Waals surface area contributed by atoms with Crippen molar-refractivity contribution in [2.75, 3.05) is 10.6 Å². The van der Waals surface area contributed by atoms with Crippen LogP contribution >= 0.6 is 11.6 Å². The zero-order valence-electron chi connectivity index (χ0n) is 13.3. The van der Waals surface area contributed by atoms with Crippen molar-refractivity contribution in [3.63, 3.8) is 0 Å². The van der Waals surface area contributed by atoms with E-state index in [1.54, 1.807) is 30.3 Å². The summed E-state index contributed by atoms with van der Waals surface area (Å²) in [5.74, 6) is 0.568. The summed E-state index contributed by atoms with van der Waals surface area (Å²) in [5.41, 5.74) is 1.95. The van der Waals surface area contributed by atoms with Crippen molar-refractivity contribution in [2.45, 2.75) is 6.92 Å². The number of carbonyl (C=O) groups excluding carboxylic acids is 1. The molecule has 0 aliphatic heterocycles. The first-order valence-corrected chi connectivity index (χ1v) is 7.81. The Balaban J connectivity index is 1.78. The van der Waals surface area contributed by atoms with Gasteiger partial charge >= 0.3 is 0 Å². The quantitative estimate of drug-likeness (QED) is 0.632.